The molecule has 0 aliphatic carbocycles. The zero-order valence-electron chi connectivity index (χ0n) is 22.6. The number of aliphatic hydroxyl groups is 1. The van der Waals surface area contributed by atoms with Crippen LogP contribution in [0.3, 0.4) is 0 Å². The largest absolute Gasteiger partial charge is 0.508 e. The number of nitrogens with one attached hydrogen (secondary N) is 1. The number of phenolic OH excluding ortho intramolecular Hbond substituents is 1. The number of H-pyrrole nitrogens is 1. The molecular weight excluding hydrogens is 519 g/mol. The number of morpholine rings is 1. The molecule has 0 saturated carbocycles. The van der Waals surface area contributed by atoms with Crippen molar-refractivity contribution in [3.05, 3.63) is 83.8 Å². The zero-order chi connectivity index (χ0) is 28.5. The summed E-state index contributed by atoms with van der Waals surface area (Å²) in [6.07, 6.45) is -4.59. The van der Waals surface area contributed by atoms with Gasteiger partial charge in [-0.25, -0.2) is 0 Å². The van der Waals surface area contributed by atoms with Crippen molar-refractivity contribution in [2.45, 2.75) is 50.4 Å². The first-order valence-electron chi connectivity index (χ1n) is 13.4. The summed E-state index contributed by atoms with van der Waals surface area (Å²) in [5, 5.41) is 22.6. The Morgan fingerprint density at radius 3 is 2.40 bits per heavy atom. The molecule has 1 aliphatic rings. The molecule has 3 N–H and O–H groups in total. The number of alkyl halides is 3. The van der Waals surface area contributed by atoms with Gasteiger partial charge in [0.2, 0.25) is 0 Å². The van der Waals surface area contributed by atoms with Crippen molar-refractivity contribution < 1.29 is 28.1 Å². The number of hydrogen-bond acceptors (Lipinski definition) is 5. The van der Waals surface area contributed by atoms with E-state index < -0.39 is 30.0 Å². The van der Waals surface area contributed by atoms with Crippen LogP contribution >= 0.6 is 0 Å². The van der Waals surface area contributed by atoms with Gasteiger partial charge in [0.05, 0.1) is 30.6 Å². The highest BCUT2D eigenvalue weighted by molar-refractivity contribution is 5.80. The number of phenols is 1. The molecule has 4 aromatic rings. The van der Waals surface area contributed by atoms with E-state index in [9.17, 15) is 23.4 Å². The van der Waals surface area contributed by atoms with Gasteiger partial charge in [0.1, 0.15) is 5.75 Å². The lowest BCUT2D eigenvalue weighted by molar-refractivity contribution is -0.266. The minimum atomic E-state index is -4.91. The quantitative estimate of drug-likeness (QED) is 0.251. The predicted octanol–water partition coefficient (Wildman–Crippen LogP) is 5.97. The van der Waals surface area contributed by atoms with Crippen molar-refractivity contribution in [2.24, 2.45) is 0 Å². The molecule has 1 saturated heterocycles. The molecule has 0 radical (unpaired) electrons. The van der Waals surface area contributed by atoms with Gasteiger partial charge in [0.15, 0.2) is 5.60 Å². The van der Waals surface area contributed by atoms with Gasteiger partial charge in [-0.1, -0.05) is 50.2 Å². The number of hydrogen-bond donors (Lipinski definition) is 3. The molecule has 1 atom stereocenters. The summed E-state index contributed by atoms with van der Waals surface area (Å²) in [6, 6.07) is 17.9. The number of aromatic hydroxyl groups is 1. The van der Waals surface area contributed by atoms with Crippen LogP contribution < -0.4 is 0 Å². The summed E-state index contributed by atoms with van der Waals surface area (Å²) >= 11 is 0. The fourth-order valence-corrected chi connectivity index (χ4v) is 5.60. The van der Waals surface area contributed by atoms with Crippen LogP contribution in [0.1, 0.15) is 37.2 Å². The van der Waals surface area contributed by atoms with Crippen LogP contribution in [0.4, 0.5) is 13.2 Å². The smallest absolute Gasteiger partial charge is 0.417 e. The SMILES string of the molecule is CC(C)(CC(O)(Cc1cc2cc(CN3CCOCC3)ncc2[nH]1)C(F)(F)F)c1cc(-c2ccccc2)ccc1O. The summed E-state index contributed by atoms with van der Waals surface area (Å²) in [5.74, 6) is -0.112. The molecule has 9 heteroatoms. The van der Waals surface area contributed by atoms with Gasteiger partial charge in [-0.2, -0.15) is 13.2 Å². The molecule has 6 nitrogen and oxygen atoms in total. The number of nitrogens with zero attached hydrogens (tertiary/aromatic N) is 2. The third kappa shape index (κ3) is 6.01. The van der Waals surface area contributed by atoms with Crippen LogP contribution in [0.15, 0.2) is 66.9 Å². The lowest BCUT2D eigenvalue weighted by Gasteiger charge is -2.38. The zero-order valence-corrected chi connectivity index (χ0v) is 22.6. The number of aromatic amines is 1. The van der Waals surface area contributed by atoms with Crippen molar-refractivity contribution in [3.63, 3.8) is 0 Å². The monoisotopic (exact) mass is 553 g/mol. The summed E-state index contributed by atoms with van der Waals surface area (Å²) in [7, 11) is 0. The van der Waals surface area contributed by atoms with E-state index >= 15 is 0 Å². The molecule has 1 aliphatic heterocycles. The fourth-order valence-electron chi connectivity index (χ4n) is 5.60. The van der Waals surface area contributed by atoms with Gasteiger partial charge in [-0.05, 0) is 47.2 Å². The lowest BCUT2D eigenvalue weighted by atomic mass is 9.72. The Kier molecular flexibility index (Phi) is 7.65. The third-order valence-electron chi connectivity index (χ3n) is 7.68. The van der Waals surface area contributed by atoms with E-state index in [2.05, 4.69) is 14.9 Å². The first-order chi connectivity index (χ1) is 18.9. The Labute approximate surface area is 231 Å². The summed E-state index contributed by atoms with van der Waals surface area (Å²) < 4.78 is 48.9. The first kappa shape index (κ1) is 28.1. The third-order valence-corrected chi connectivity index (χ3v) is 7.68. The molecule has 1 fully saturated rings. The van der Waals surface area contributed by atoms with Gasteiger partial charge < -0.3 is 19.9 Å². The minimum Gasteiger partial charge on any atom is -0.508 e. The second-order valence-electron chi connectivity index (χ2n) is 11.3. The molecule has 5 rings (SSSR count). The normalized spacial score (nSPS) is 16.8. The standard InChI is InChI=1S/C31H34F3N3O3/c1-29(2,26-16-22(8-9-28(26)38)21-6-4-3-5-7-21)20-30(39,31(32,33)34)17-24-14-23-15-25(35-18-27(23)36-24)19-37-10-12-40-13-11-37/h3-9,14-16,18,36,38-39H,10-13,17,19-20H2,1-2H3. The van der Waals surface area contributed by atoms with Crippen LogP contribution in [-0.4, -0.2) is 63.2 Å². The predicted molar refractivity (Wildman–Crippen MR) is 148 cm³/mol. The summed E-state index contributed by atoms with van der Waals surface area (Å²) in [5.41, 5.74) is -0.574. The van der Waals surface area contributed by atoms with Crippen molar-refractivity contribution >= 4 is 10.9 Å². The molecule has 212 valence electrons. The minimum absolute atomic E-state index is 0.112. The lowest BCUT2D eigenvalue weighted by Crippen LogP contribution is -2.50. The van der Waals surface area contributed by atoms with Gasteiger partial charge >= 0.3 is 6.18 Å². The van der Waals surface area contributed by atoms with Crippen molar-refractivity contribution in [1.29, 1.82) is 0 Å². The average molecular weight is 554 g/mol. The van der Waals surface area contributed by atoms with E-state index in [1.807, 2.05) is 36.4 Å². The Balaban J connectivity index is 1.41. The molecule has 3 heterocycles. The number of fused-ring (bicyclic) bond motifs is 1. The van der Waals surface area contributed by atoms with E-state index in [1.165, 1.54) is 6.07 Å². The van der Waals surface area contributed by atoms with Crippen LogP contribution in [0.5, 0.6) is 5.75 Å². The van der Waals surface area contributed by atoms with Crippen LogP contribution in [0.25, 0.3) is 22.0 Å². The van der Waals surface area contributed by atoms with E-state index in [1.54, 1.807) is 38.2 Å². The summed E-state index contributed by atoms with van der Waals surface area (Å²) in [4.78, 5) is 9.71. The van der Waals surface area contributed by atoms with E-state index in [4.69, 9.17) is 4.74 Å². The Morgan fingerprint density at radius 1 is 0.975 bits per heavy atom. The fraction of sp³-hybridized carbons (Fsp3) is 0.387. The first-order valence-corrected chi connectivity index (χ1v) is 13.4. The Bertz CT molecular complexity index is 1460. The highest BCUT2D eigenvalue weighted by Crippen LogP contribution is 2.45. The second-order valence-corrected chi connectivity index (χ2v) is 11.3. The molecule has 40 heavy (non-hydrogen) atoms. The molecule has 0 bridgehead atoms. The molecule has 2 aromatic heterocycles. The van der Waals surface area contributed by atoms with Crippen LogP contribution in [0, 0.1) is 0 Å². The van der Waals surface area contributed by atoms with E-state index in [0.717, 1.165) is 35.3 Å². The number of pyridine rings is 1. The second kappa shape index (κ2) is 10.9. The average Bonchev–Trinajstić information content (AvgIpc) is 3.30. The van der Waals surface area contributed by atoms with E-state index in [-0.39, 0.29) is 11.4 Å². The molecule has 1 unspecified atom stereocenters. The molecule has 0 spiro atoms. The maximum atomic E-state index is 14.5. The Hall–Kier alpha value is -3.40. The molecule has 2 aromatic carbocycles. The van der Waals surface area contributed by atoms with E-state index in [0.29, 0.717) is 30.8 Å². The maximum Gasteiger partial charge on any atom is 0.417 e. The highest BCUT2D eigenvalue weighted by Gasteiger charge is 2.56. The molecular formula is C31H34F3N3O3. The van der Waals surface area contributed by atoms with Gasteiger partial charge in [0, 0.05) is 42.7 Å². The highest BCUT2D eigenvalue weighted by atomic mass is 19.4. The number of rotatable bonds is 8. The van der Waals surface area contributed by atoms with Gasteiger partial charge in [-0.3, -0.25) is 9.88 Å². The topological polar surface area (TPSA) is 81.6 Å². The van der Waals surface area contributed by atoms with Gasteiger partial charge in [-0.15, -0.1) is 0 Å². The van der Waals surface area contributed by atoms with Crippen molar-refractivity contribution in [3.8, 4) is 16.9 Å². The number of benzene rings is 2. The number of ether oxygens (including phenoxy) is 1. The maximum absolute atomic E-state index is 14.5. The van der Waals surface area contributed by atoms with Crippen LogP contribution in [-0.2, 0) is 23.1 Å². The van der Waals surface area contributed by atoms with Gasteiger partial charge in [0.25, 0.3) is 0 Å². The van der Waals surface area contributed by atoms with Crippen LogP contribution in [0.2, 0.25) is 0 Å². The Morgan fingerprint density at radius 2 is 1.70 bits per heavy atom. The van der Waals surface area contributed by atoms with Crippen molar-refractivity contribution in [1.82, 2.24) is 14.9 Å². The number of aromatic nitrogens is 2. The summed E-state index contributed by atoms with van der Waals surface area (Å²) in [6.45, 7) is 6.79. The molecule has 0 amide bonds. The van der Waals surface area contributed by atoms with Crippen molar-refractivity contribution in [2.75, 3.05) is 26.3 Å². The number of halogens is 3.